The van der Waals surface area contributed by atoms with E-state index in [9.17, 15) is 13.2 Å². The van der Waals surface area contributed by atoms with E-state index in [-0.39, 0.29) is 16.4 Å². The molecular formula is C9H11F3N2OS. The Labute approximate surface area is 94.3 Å². The number of hydrogen-bond acceptors (Lipinski definition) is 4. The van der Waals surface area contributed by atoms with Gasteiger partial charge in [0.15, 0.2) is 5.69 Å². The number of nitrogens with zero attached hydrogens (tertiary/aromatic N) is 1. The van der Waals surface area contributed by atoms with Gasteiger partial charge >= 0.3 is 6.18 Å². The summed E-state index contributed by atoms with van der Waals surface area (Å²) in [5.74, 6) is 0. The van der Waals surface area contributed by atoms with Crippen LogP contribution in [0.2, 0.25) is 0 Å². The molecule has 1 heterocycles. The van der Waals surface area contributed by atoms with Gasteiger partial charge in [-0.2, -0.15) is 13.2 Å². The van der Waals surface area contributed by atoms with Crippen LogP contribution in [0.4, 0.5) is 13.2 Å². The predicted octanol–water partition coefficient (Wildman–Crippen LogP) is 1.91. The number of aliphatic hydroxyl groups excluding tert-OH is 1. The fraction of sp³-hybridized carbons (Fsp3) is 0.667. The van der Waals surface area contributed by atoms with Gasteiger partial charge in [-0.1, -0.05) is 0 Å². The Morgan fingerprint density at radius 3 is 2.62 bits per heavy atom. The molecule has 3 nitrogen and oxygen atoms in total. The number of halogens is 3. The average molecular weight is 252 g/mol. The number of rotatable bonds is 4. The van der Waals surface area contributed by atoms with Crippen molar-refractivity contribution in [1.82, 2.24) is 10.3 Å². The zero-order chi connectivity index (χ0) is 11.8. The monoisotopic (exact) mass is 252 g/mol. The Kier molecular flexibility index (Phi) is 3.18. The molecule has 0 radical (unpaired) electrons. The standard InChI is InChI=1S/C9H11F3N2OS/c10-9(11,12)8-6(3-13-5-1-2-5)16-7(4-15)14-8/h5,13,15H,1-4H2. The maximum Gasteiger partial charge on any atom is 0.434 e. The number of nitrogens with one attached hydrogen (secondary N) is 1. The smallest absolute Gasteiger partial charge is 0.389 e. The lowest BCUT2D eigenvalue weighted by atomic mass is 10.3. The Balaban J connectivity index is 2.15. The van der Waals surface area contributed by atoms with Gasteiger partial charge in [0.2, 0.25) is 0 Å². The van der Waals surface area contributed by atoms with E-state index in [4.69, 9.17) is 5.11 Å². The van der Waals surface area contributed by atoms with Crippen LogP contribution in [0.1, 0.15) is 28.4 Å². The van der Waals surface area contributed by atoms with E-state index in [1.165, 1.54) is 0 Å². The number of hydrogen-bond donors (Lipinski definition) is 2. The van der Waals surface area contributed by atoms with Crippen LogP contribution in [0, 0.1) is 0 Å². The van der Waals surface area contributed by atoms with Crippen LogP contribution < -0.4 is 5.32 Å². The fourth-order valence-electron chi connectivity index (χ4n) is 1.33. The summed E-state index contributed by atoms with van der Waals surface area (Å²) in [5, 5.41) is 11.9. The highest BCUT2D eigenvalue weighted by Crippen LogP contribution is 2.34. The third-order valence-electron chi connectivity index (χ3n) is 2.27. The van der Waals surface area contributed by atoms with Crippen molar-refractivity contribution in [3.05, 3.63) is 15.6 Å². The lowest BCUT2D eigenvalue weighted by Crippen LogP contribution is -2.18. The second kappa shape index (κ2) is 4.31. The summed E-state index contributed by atoms with van der Waals surface area (Å²) >= 11 is 0.913. The molecule has 1 fully saturated rings. The van der Waals surface area contributed by atoms with Gasteiger partial charge in [-0.15, -0.1) is 11.3 Å². The minimum atomic E-state index is -4.44. The van der Waals surface area contributed by atoms with Crippen molar-refractivity contribution in [2.75, 3.05) is 0 Å². The first-order chi connectivity index (χ1) is 7.50. The van der Waals surface area contributed by atoms with E-state index in [1.807, 2.05) is 0 Å². The third kappa shape index (κ3) is 2.72. The van der Waals surface area contributed by atoms with Crippen LogP contribution in [-0.4, -0.2) is 16.1 Å². The van der Waals surface area contributed by atoms with Crippen LogP contribution in [0.3, 0.4) is 0 Å². The molecule has 1 aliphatic carbocycles. The van der Waals surface area contributed by atoms with E-state index >= 15 is 0 Å². The van der Waals surface area contributed by atoms with Crippen molar-refractivity contribution in [3.8, 4) is 0 Å². The van der Waals surface area contributed by atoms with Crippen molar-refractivity contribution >= 4 is 11.3 Å². The van der Waals surface area contributed by atoms with Crippen LogP contribution >= 0.6 is 11.3 Å². The molecule has 0 spiro atoms. The number of aliphatic hydroxyl groups is 1. The highest BCUT2D eigenvalue weighted by atomic mass is 32.1. The molecular weight excluding hydrogens is 241 g/mol. The largest absolute Gasteiger partial charge is 0.434 e. The number of aromatic nitrogens is 1. The first-order valence-electron chi connectivity index (χ1n) is 4.90. The zero-order valence-electron chi connectivity index (χ0n) is 8.34. The van der Waals surface area contributed by atoms with E-state index in [1.54, 1.807) is 0 Å². The van der Waals surface area contributed by atoms with E-state index in [0.29, 0.717) is 6.04 Å². The second-order valence-electron chi connectivity index (χ2n) is 3.69. The Morgan fingerprint density at radius 1 is 1.44 bits per heavy atom. The maximum absolute atomic E-state index is 12.6. The summed E-state index contributed by atoms with van der Waals surface area (Å²) in [5.41, 5.74) is -0.866. The normalized spacial score (nSPS) is 16.8. The van der Waals surface area contributed by atoms with Crippen LogP contribution in [0.15, 0.2) is 0 Å². The van der Waals surface area contributed by atoms with Gasteiger partial charge in [0.25, 0.3) is 0 Å². The average Bonchev–Trinajstić information content (AvgIpc) is 2.92. The summed E-state index contributed by atoms with van der Waals surface area (Å²) in [6.07, 6.45) is -2.40. The lowest BCUT2D eigenvalue weighted by molar-refractivity contribution is -0.141. The minimum Gasteiger partial charge on any atom is -0.389 e. The molecule has 0 aliphatic heterocycles. The quantitative estimate of drug-likeness (QED) is 0.860. The Bertz CT molecular complexity index is 373. The molecule has 0 unspecified atom stereocenters. The molecule has 0 bridgehead atoms. The first-order valence-corrected chi connectivity index (χ1v) is 5.72. The summed E-state index contributed by atoms with van der Waals surface area (Å²) in [6, 6.07) is 0.348. The first kappa shape index (κ1) is 11.8. The van der Waals surface area contributed by atoms with Gasteiger partial charge in [-0.05, 0) is 12.8 Å². The fourth-order valence-corrected chi connectivity index (χ4v) is 2.23. The zero-order valence-corrected chi connectivity index (χ0v) is 9.16. The van der Waals surface area contributed by atoms with Gasteiger partial charge in [0, 0.05) is 12.6 Å². The SMILES string of the molecule is OCc1nc(C(F)(F)F)c(CNC2CC2)s1. The summed E-state index contributed by atoms with van der Waals surface area (Å²) in [6.45, 7) is -0.269. The Hall–Kier alpha value is -0.660. The second-order valence-corrected chi connectivity index (χ2v) is 4.86. The molecule has 90 valence electrons. The Morgan fingerprint density at radius 2 is 2.12 bits per heavy atom. The summed E-state index contributed by atoms with van der Waals surface area (Å²) in [4.78, 5) is 3.56. The lowest BCUT2D eigenvalue weighted by Gasteiger charge is -2.06. The minimum absolute atomic E-state index is 0.111. The third-order valence-corrected chi connectivity index (χ3v) is 3.31. The molecule has 1 aromatic heterocycles. The molecule has 1 aromatic rings. The highest BCUT2D eigenvalue weighted by Gasteiger charge is 2.37. The van der Waals surface area contributed by atoms with Crippen LogP contribution in [0.25, 0.3) is 0 Å². The van der Waals surface area contributed by atoms with Crippen molar-refractivity contribution in [1.29, 1.82) is 0 Å². The van der Waals surface area contributed by atoms with E-state index < -0.39 is 18.5 Å². The molecule has 0 aromatic carbocycles. The molecule has 7 heteroatoms. The molecule has 0 saturated heterocycles. The van der Waals surface area contributed by atoms with E-state index in [2.05, 4.69) is 10.3 Å². The molecule has 16 heavy (non-hydrogen) atoms. The van der Waals surface area contributed by atoms with Gasteiger partial charge in [-0.25, -0.2) is 4.98 Å². The number of alkyl halides is 3. The maximum atomic E-state index is 12.6. The van der Waals surface area contributed by atoms with Crippen LogP contribution in [0.5, 0.6) is 0 Å². The molecule has 2 N–H and O–H groups in total. The van der Waals surface area contributed by atoms with Gasteiger partial charge in [0.05, 0.1) is 11.5 Å². The molecule has 1 aliphatic rings. The summed E-state index contributed by atoms with van der Waals surface area (Å²) < 4.78 is 37.7. The van der Waals surface area contributed by atoms with Crippen molar-refractivity contribution in [3.63, 3.8) is 0 Å². The van der Waals surface area contributed by atoms with Gasteiger partial charge < -0.3 is 10.4 Å². The highest BCUT2D eigenvalue weighted by molar-refractivity contribution is 7.11. The topological polar surface area (TPSA) is 45.2 Å². The molecule has 2 rings (SSSR count). The van der Waals surface area contributed by atoms with Crippen molar-refractivity contribution in [2.24, 2.45) is 0 Å². The van der Waals surface area contributed by atoms with Crippen molar-refractivity contribution < 1.29 is 18.3 Å². The van der Waals surface area contributed by atoms with Crippen molar-refractivity contribution in [2.45, 2.75) is 38.2 Å². The molecule has 0 atom stereocenters. The number of thiazole rings is 1. The molecule has 1 saturated carbocycles. The van der Waals surface area contributed by atoms with Crippen LogP contribution in [-0.2, 0) is 19.3 Å². The summed E-state index contributed by atoms with van der Waals surface area (Å²) in [7, 11) is 0. The van der Waals surface area contributed by atoms with E-state index in [0.717, 1.165) is 24.2 Å². The van der Waals surface area contributed by atoms with Gasteiger partial charge in [-0.3, -0.25) is 0 Å². The predicted molar refractivity (Wildman–Crippen MR) is 52.9 cm³/mol. The molecule has 0 amide bonds. The van der Waals surface area contributed by atoms with Gasteiger partial charge in [0.1, 0.15) is 5.01 Å².